The lowest BCUT2D eigenvalue weighted by Gasteiger charge is -2.23. The van der Waals surface area contributed by atoms with Gasteiger partial charge in [-0.2, -0.15) is 0 Å². The first-order chi connectivity index (χ1) is 21.3. The number of hydrogen-bond acceptors (Lipinski definition) is 9. The highest BCUT2D eigenvalue weighted by Crippen LogP contribution is 2.22. The molecular weight excluding hydrogens is 587 g/mol. The third-order valence-corrected chi connectivity index (χ3v) is 7.81. The molecule has 0 bridgehead atoms. The normalized spacial score (nSPS) is 10.6. The Hall–Kier alpha value is -5.25. The Kier molecular flexibility index (Phi) is 10.3. The number of rotatable bonds is 12. The van der Waals surface area contributed by atoms with Crippen molar-refractivity contribution in [3.63, 3.8) is 0 Å². The van der Waals surface area contributed by atoms with Crippen molar-refractivity contribution in [2.45, 2.75) is 62.3 Å². The van der Waals surface area contributed by atoms with Gasteiger partial charge in [0.2, 0.25) is 6.71 Å². The molecule has 0 aliphatic carbocycles. The van der Waals surface area contributed by atoms with Crippen molar-refractivity contribution < 1.29 is 43.2 Å². The van der Waals surface area contributed by atoms with Gasteiger partial charge in [-0.25, -0.2) is 0 Å². The SMILES string of the molecule is CC(=O)c1cc(B(c2cc(C(C)=O)c(C(C)=O)c(C(C)=O)c2)c2cc(C(C)=O)c(C(C)=O)c(C(C)=O)c2)cc(C(C)=O)c1C(C)=O. The highest BCUT2D eigenvalue weighted by atomic mass is 16.2. The molecule has 0 saturated heterocycles. The van der Waals surface area contributed by atoms with Crippen molar-refractivity contribution >= 4 is 75.2 Å². The van der Waals surface area contributed by atoms with Crippen molar-refractivity contribution in [2.24, 2.45) is 0 Å². The van der Waals surface area contributed by atoms with E-state index in [1.807, 2.05) is 0 Å². The summed E-state index contributed by atoms with van der Waals surface area (Å²) in [5.74, 6) is -4.68. The van der Waals surface area contributed by atoms with E-state index >= 15 is 0 Å². The molecule has 0 spiro atoms. The summed E-state index contributed by atoms with van der Waals surface area (Å²) in [4.78, 5) is 115. The van der Waals surface area contributed by atoms with Crippen LogP contribution in [0.3, 0.4) is 0 Å². The fourth-order valence-corrected chi connectivity index (χ4v) is 5.87. The lowest BCUT2D eigenvalue weighted by Crippen LogP contribution is -2.53. The Morgan fingerprint density at radius 2 is 0.457 bits per heavy atom. The van der Waals surface area contributed by atoms with Gasteiger partial charge in [-0.05, 0) is 62.3 Å². The predicted octanol–water partition coefficient (Wildman–Crippen LogP) is 4.03. The Labute approximate surface area is 266 Å². The second-order valence-electron chi connectivity index (χ2n) is 11.4. The third-order valence-electron chi connectivity index (χ3n) is 7.81. The van der Waals surface area contributed by atoms with Crippen LogP contribution >= 0.6 is 0 Å². The fraction of sp³-hybridized carbons (Fsp3) is 0.250. The number of ketones is 9. The van der Waals surface area contributed by atoms with Gasteiger partial charge in [0.1, 0.15) is 0 Å². The Balaban J connectivity index is 2.73. The first-order valence-electron chi connectivity index (χ1n) is 14.4. The summed E-state index contributed by atoms with van der Waals surface area (Å²) in [6, 6.07) is 8.47. The summed E-state index contributed by atoms with van der Waals surface area (Å²) < 4.78 is 0. The highest BCUT2D eigenvalue weighted by Gasteiger charge is 2.32. The molecule has 10 heteroatoms. The van der Waals surface area contributed by atoms with E-state index in [-0.39, 0.29) is 66.5 Å². The van der Waals surface area contributed by atoms with Crippen molar-refractivity contribution in [3.05, 3.63) is 86.5 Å². The largest absolute Gasteiger partial charge is 0.294 e. The standard InChI is InChI=1S/C36H33BO9/c1-16(38)28-10-25(11-29(17(2)39)34(28)22(7)44)37(26-12-30(18(3)40)35(23(8)45)31(13-26)19(4)41)27-14-32(20(5)42)36(24(9)46)33(15-27)21(6)43/h10-15H,1-9H3. The molecular formula is C36H33BO9. The predicted molar refractivity (Wildman–Crippen MR) is 174 cm³/mol. The Bertz CT molecular complexity index is 1620. The second kappa shape index (κ2) is 13.4. The lowest BCUT2D eigenvalue weighted by atomic mass is 9.36. The number of hydrogen-bond donors (Lipinski definition) is 0. The molecule has 46 heavy (non-hydrogen) atoms. The van der Waals surface area contributed by atoms with Crippen LogP contribution in [0.1, 0.15) is 156 Å². The zero-order valence-corrected chi connectivity index (χ0v) is 27.2. The van der Waals surface area contributed by atoms with Gasteiger partial charge in [0.05, 0.1) is 0 Å². The number of benzene rings is 3. The topological polar surface area (TPSA) is 154 Å². The van der Waals surface area contributed by atoms with E-state index in [1.165, 1.54) is 98.7 Å². The number of Topliss-reactive ketones (excluding diaryl/α,β-unsaturated/α-hetero) is 9. The molecule has 0 unspecified atom stereocenters. The molecule has 234 valence electrons. The fourth-order valence-electron chi connectivity index (χ4n) is 5.87. The molecule has 0 heterocycles. The maximum Gasteiger partial charge on any atom is 0.241 e. The molecule has 0 atom stereocenters. The van der Waals surface area contributed by atoms with Gasteiger partial charge < -0.3 is 0 Å². The molecule has 0 fully saturated rings. The zero-order chi connectivity index (χ0) is 34.9. The minimum absolute atomic E-state index is 0.0573. The summed E-state index contributed by atoms with van der Waals surface area (Å²) in [5.41, 5.74) is 0.166. The van der Waals surface area contributed by atoms with Crippen LogP contribution < -0.4 is 16.4 Å². The van der Waals surface area contributed by atoms with Crippen molar-refractivity contribution in [1.29, 1.82) is 0 Å². The van der Waals surface area contributed by atoms with E-state index in [9.17, 15) is 43.2 Å². The van der Waals surface area contributed by atoms with Crippen LogP contribution in [0, 0.1) is 0 Å². The molecule has 9 nitrogen and oxygen atoms in total. The van der Waals surface area contributed by atoms with Crippen LogP contribution in [0.2, 0.25) is 0 Å². The van der Waals surface area contributed by atoms with E-state index in [1.54, 1.807) is 0 Å². The van der Waals surface area contributed by atoms with Crippen LogP contribution in [0.5, 0.6) is 0 Å². The monoisotopic (exact) mass is 620 g/mol. The molecule has 3 rings (SSSR count). The van der Waals surface area contributed by atoms with Crippen LogP contribution in [0.15, 0.2) is 36.4 Å². The van der Waals surface area contributed by atoms with E-state index in [2.05, 4.69) is 0 Å². The van der Waals surface area contributed by atoms with Gasteiger partial charge in [-0.3, -0.25) is 43.2 Å². The lowest BCUT2D eigenvalue weighted by molar-refractivity contribution is 0.0967. The summed E-state index contributed by atoms with van der Waals surface area (Å²) >= 11 is 0. The minimum Gasteiger partial charge on any atom is -0.294 e. The molecule has 0 N–H and O–H groups in total. The van der Waals surface area contributed by atoms with Gasteiger partial charge in [-0.1, -0.05) is 52.8 Å². The van der Waals surface area contributed by atoms with Crippen LogP contribution in [-0.4, -0.2) is 58.8 Å². The summed E-state index contributed by atoms with van der Waals surface area (Å²) in [5, 5.41) is 0. The average molecular weight is 620 g/mol. The first-order valence-corrected chi connectivity index (χ1v) is 14.4. The first kappa shape index (κ1) is 35.2. The van der Waals surface area contributed by atoms with Crippen LogP contribution in [0.4, 0.5) is 0 Å². The third kappa shape index (κ3) is 6.71. The van der Waals surface area contributed by atoms with Gasteiger partial charge in [0.25, 0.3) is 0 Å². The molecule has 3 aromatic rings. The van der Waals surface area contributed by atoms with E-state index in [4.69, 9.17) is 0 Å². The molecule has 0 saturated carbocycles. The number of carbonyl (C=O) groups excluding carboxylic acids is 9. The summed E-state index contributed by atoms with van der Waals surface area (Å²) in [6.45, 7) is 10.00. The average Bonchev–Trinajstić information content (AvgIpc) is 2.95. The van der Waals surface area contributed by atoms with E-state index in [0.717, 1.165) is 0 Å². The van der Waals surface area contributed by atoms with Crippen molar-refractivity contribution in [1.82, 2.24) is 0 Å². The second-order valence-corrected chi connectivity index (χ2v) is 11.4. The summed E-state index contributed by atoms with van der Waals surface area (Å²) in [7, 11) is 0. The Morgan fingerprint density at radius 3 is 0.565 bits per heavy atom. The maximum absolute atomic E-state index is 12.9. The smallest absolute Gasteiger partial charge is 0.241 e. The molecule has 0 aliphatic rings. The maximum atomic E-state index is 12.9. The van der Waals surface area contributed by atoms with Gasteiger partial charge in [0.15, 0.2) is 52.0 Å². The minimum atomic E-state index is -1.08. The van der Waals surface area contributed by atoms with Crippen LogP contribution in [0.25, 0.3) is 0 Å². The van der Waals surface area contributed by atoms with Gasteiger partial charge >= 0.3 is 0 Å². The highest BCUT2D eigenvalue weighted by molar-refractivity contribution is 6.95. The van der Waals surface area contributed by atoms with Crippen LogP contribution in [-0.2, 0) is 0 Å². The molecule has 0 aliphatic heterocycles. The van der Waals surface area contributed by atoms with Crippen molar-refractivity contribution in [2.75, 3.05) is 0 Å². The van der Waals surface area contributed by atoms with Crippen molar-refractivity contribution in [3.8, 4) is 0 Å². The Morgan fingerprint density at radius 1 is 0.304 bits per heavy atom. The van der Waals surface area contributed by atoms with E-state index in [0.29, 0.717) is 0 Å². The quantitative estimate of drug-likeness (QED) is 0.216. The molecule has 0 amide bonds. The van der Waals surface area contributed by atoms with Gasteiger partial charge in [-0.15, -0.1) is 0 Å². The number of carbonyl (C=O) groups is 9. The summed E-state index contributed by atoms with van der Waals surface area (Å²) in [6.07, 6.45) is 0. The van der Waals surface area contributed by atoms with Gasteiger partial charge in [0, 0.05) is 50.1 Å². The zero-order valence-electron chi connectivity index (χ0n) is 27.2. The molecule has 0 radical (unpaired) electrons. The molecule has 3 aromatic carbocycles. The molecule has 0 aromatic heterocycles. The van der Waals surface area contributed by atoms with E-state index < -0.39 is 58.8 Å².